The maximum Gasteiger partial charge on any atom is 0.201 e. The number of allylic oxidation sites excluding steroid dienone is 2. The van der Waals surface area contributed by atoms with E-state index < -0.39 is 0 Å². The number of unbranched alkanes of at least 4 members (excludes halogenated alkanes) is 3. The van der Waals surface area contributed by atoms with Crippen molar-refractivity contribution in [3.05, 3.63) is 11.3 Å². The van der Waals surface area contributed by atoms with Gasteiger partial charge in [0, 0.05) is 6.42 Å². The van der Waals surface area contributed by atoms with Gasteiger partial charge in [0.1, 0.15) is 0 Å². The summed E-state index contributed by atoms with van der Waals surface area (Å²) >= 11 is 0. The van der Waals surface area contributed by atoms with E-state index in [1.807, 2.05) is 0 Å². The Labute approximate surface area is 73.3 Å². The molecule has 0 saturated heterocycles. The number of rotatable bonds is 5. The van der Waals surface area contributed by atoms with Crippen LogP contribution in [-0.4, -0.2) is 10.9 Å². The zero-order chi connectivity index (χ0) is 8.97. The second-order valence-electron chi connectivity index (χ2n) is 3.36. The smallest absolute Gasteiger partial charge is 0.201 e. The zero-order valence-electron chi connectivity index (χ0n) is 7.60. The fourth-order valence-corrected chi connectivity index (χ4v) is 1.42. The van der Waals surface area contributed by atoms with Gasteiger partial charge in [-0.1, -0.05) is 26.2 Å². The van der Waals surface area contributed by atoms with Gasteiger partial charge in [-0.2, -0.15) is 0 Å². The first kappa shape index (κ1) is 9.30. The Morgan fingerprint density at radius 2 is 2.08 bits per heavy atom. The first-order chi connectivity index (χ1) is 5.75. The van der Waals surface area contributed by atoms with Crippen molar-refractivity contribution in [2.45, 2.75) is 45.4 Å². The lowest BCUT2D eigenvalue weighted by Crippen LogP contribution is -2.17. The van der Waals surface area contributed by atoms with Gasteiger partial charge in [-0.3, -0.25) is 4.79 Å². The van der Waals surface area contributed by atoms with Crippen LogP contribution in [0.1, 0.15) is 45.4 Å². The minimum atomic E-state index is -0.0829. The van der Waals surface area contributed by atoms with Crippen molar-refractivity contribution in [2.75, 3.05) is 0 Å². The van der Waals surface area contributed by atoms with Crippen molar-refractivity contribution in [1.82, 2.24) is 0 Å². The number of carbonyl (C=O) groups excluding carboxylic acids is 1. The average Bonchev–Trinajstić information content (AvgIpc) is 2.10. The number of Topliss-reactive ketones (excluding diaryl/α,β-unsaturated/α-hetero) is 1. The molecule has 1 aliphatic rings. The van der Waals surface area contributed by atoms with E-state index in [0.717, 1.165) is 18.4 Å². The van der Waals surface area contributed by atoms with E-state index in [2.05, 4.69) is 6.92 Å². The van der Waals surface area contributed by atoms with Gasteiger partial charge in [0.05, 0.1) is 0 Å². The lowest BCUT2D eigenvalue weighted by molar-refractivity contribution is -0.119. The molecule has 2 heteroatoms. The fourth-order valence-electron chi connectivity index (χ4n) is 1.42. The third-order valence-electron chi connectivity index (χ3n) is 2.31. The standard InChI is InChI=1S/C10H16O2/c1-2-3-4-5-6-8-7-9(11)10(8)12/h12H,2-7H2,1H3. The maximum atomic E-state index is 10.6. The maximum absolute atomic E-state index is 10.6. The summed E-state index contributed by atoms with van der Waals surface area (Å²) in [7, 11) is 0. The minimum Gasteiger partial charge on any atom is -0.504 e. The van der Waals surface area contributed by atoms with E-state index in [1.54, 1.807) is 0 Å². The Morgan fingerprint density at radius 1 is 1.33 bits per heavy atom. The third kappa shape index (κ3) is 2.10. The molecule has 0 unspecified atom stereocenters. The molecule has 1 N–H and O–H groups in total. The molecule has 0 fully saturated rings. The summed E-state index contributed by atoms with van der Waals surface area (Å²) in [6.07, 6.45) is 6.21. The highest BCUT2D eigenvalue weighted by molar-refractivity contribution is 6.02. The van der Waals surface area contributed by atoms with Crippen LogP contribution in [0.15, 0.2) is 11.3 Å². The Balaban J connectivity index is 2.13. The molecule has 0 atom stereocenters. The lowest BCUT2D eigenvalue weighted by Gasteiger charge is -2.16. The summed E-state index contributed by atoms with van der Waals surface area (Å²) in [4.78, 5) is 10.6. The van der Waals surface area contributed by atoms with Crippen molar-refractivity contribution in [2.24, 2.45) is 0 Å². The topological polar surface area (TPSA) is 37.3 Å². The molecule has 0 amide bonds. The van der Waals surface area contributed by atoms with E-state index in [1.165, 1.54) is 19.3 Å². The van der Waals surface area contributed by atoms with Gasteiger partial charge >= 0.3 is 0 Å². The van der Waals surface area contributed by atoms with Crippen LogP contribution in [0.5, 0.6) is 0 Å². The molecule has 0 bridgehead atoms. The SMILES string of the molecule is CCCCCCC1=C(O)C(=O)C1. The first-order valence-corrected chi connectivity index (χ1v) is 4.70. The molecule has 1 rings (SSSR count). The fraction of sp³-hybridized carbons (Fsp3) is 0.700. The van der Waals surface area contributed by atoms with Crippen LogP contribution in [0.4, 0.5) is 0 Å². The van der Waals surface area contributed by atoms with E-state index in [4.69, 9.17) is 5.11 Å². The molecule has 0 saturated carbocycles. The first-order valence-electron chi connectivity index (χ1n) is 4.70. The lowest BCUT2D eigenvalue weighted by atomic mass is 9.90. The normalized spacial score (nSPS) is 16.6. The minimum absolute atomic E-state index is 0.0477. The van der Waals surface area contributed by atoms with Gasteiger partial charge < -0.3 is 5.11 Å². The van der Waals surface area contributed by atoms with Crippen molar-refractivity contribution in [1.29, 1.82) is 0 Å². The molecule has 0 aromatic rings. The predicted molar refractivity (Wildman–Crippen MR) is 48.0 cm³/mol. The molecule has 0 heterocycles. The summed E-state index contributed by atoms with van der Waals surface area (Å²) in [6.45, 7) is 2.17. The van der Waals surface area contributed by atoms with E-state index in [0.29, 0.717) is 6.42 Å². The Bertz CT molecular complexity index is 204. The van der Waals surface area contributed by atoms with Gasteiger partial charge in [0.2, 0.25) is 5.78 Å². The number of hydrogen-bond acceptors (Lipinski definition) is 2. The van der Waals surface area contributed by atoms with Gasteiger partial charge in [0.15, 0.2) is 5.76 Å². The molecule has 0 aliphatic heterocycles. The Morgan fingerprint density at radius 3 is 2.58 bits per heavy atom. The Hall–Kier alpha value is -0.790. The third-order valence-corrected chi connectivity index (χ3v) is 2.31. The molecular weight excluding hydrogens is 152 g/mol. The second kappa shape index (κ2) is 4.29. The number of ketones is 1. The van der Waals surface area contributed by atoms with Crippen LogP contribution in [0.25, 0.3) is 0 Å². The average molecular weight is 168 g/mol. The highest BCUT2D eigenvalue weighted by Crippen LogP contribution is 2.26. The number of aliphatic hydroxyl groups excluding tert-OH is 1. The molecule has 0 aromatic carbocycles. The highest BCUT2D eigenvalue weighted by Gasteiger charge is 2.25. The zero-order valence-corrected chi connectivity index (χ0v) is 7.60. The quantitative estimate of drug-likeness (QED) is 0.641. The largest absolute Gasteiger partial charge is 0.504 e. The molecular formula is C10H16O2. The van der Waals surface area contributed by atoms with Crippen LogP contribution >= 0.6 is 0 Å². The van der Waals surface area contributed by atoms with E-state index >= 15 is 0 Å². The summed E-state index contributed by atoms with van der Waals surface area (Å²) < 4.78 is 0. The van der Waals surface area contributed by atoms with Crippen LogP contribution in [0.3, 0.4) is 0 Å². The molecule has 0 aromatic heterocycles. The highest BCUT2D eigenvalue weighted by atomic mass is 16.3. The van der Waals surface area contributed by atoms with Crippen LogP contribution in [-0.2, 0) is 4.79 Å². The summed E-state index contributed by atoms with van der Waals surface area (Å²) in [5.41, 5.74) is 0.969. The molecule has 1 aliphatic carbocycles. The summed E-state index contributed by atoms with van der Waals surface area (Å²) in [6, 6.07) is 0. The van der Waals surface area contributed by atoms with Gasteiger partial charge in [0.25, 0.3) is 0 Å². The van der Waals surface area contributed by atoms with Crippen LogP contribution in [0.2, 0.25) is 0 Å². The molecule has 0 spiro atoms. The van der Waals surface area contributed by atoms with E-state index in [-0.39, 0.29) is 11.5 Å². The molecule has 68 valence electrons. The number of aliphatic hydroxyl groups is 1. The van der Waals surface area contributed by atoms with Crippen LogP contribution < -0.4 is 0 Å². The van der Waals surface area contributed by atoms with Crippen molar-refractivity contribution >= 4 is 5.78 Å². The summed E-state index contributed by atoms with van der Waals surface area (Å²) in [5.74, 6) is -0.0352. The number of hydrogen-bond donors (Lipinski definition) is 1. The van der Waals surface area contributed by atoms with Crippen molar-refractivity contribution < 1.29 is 9.90 Å². The van der Waals surface area contributed by atoms with Crippen LogP contribution in [0, 0.1) is 0 Å². The van der Waals surface area contributed by atoms with Gasteiger partial charge in [-0.15, -0.1) is 0 Å². The molecule has 0 radical (unpaired) electrons. The van der Waals surface area contributed by atoms with Crippen molar-refractivity contribution in [3.63, 3.8) is 0 Å². The van der Waals surface area contributed by atoms with Crippen molar-refractivity contribution in [3.8, 4) is 0 Å². The second-order valence-corrected chi connectivity index (χ2v) is 3.36. The monoisotopic (exact) mass is 168 g/mol. The van der Waals surface area contributed by atoms with E-state index in [9.17, 15) is 4.79 Å². The molecule has 2 nitrogen and oxygen atoms in total. The molecule has 12 heavy (non-hydrogen) atoms. The van der Waals surface area contributed by atoms with Gasteiger partial charge in [-0.25, -0.2) is 0 Å². The predicted octanol–water partition coefficient (Wildman–Crippen LogP) is 2.74. The van der Waals surface area contributed by atoms with Gasteiger partial charge in [-0.05, 0) is 18.4 Å². The Kier molecular flexibility index (Phi) is 3.32. The number of carbonyl (C=O) groups is 1. The summed E-state index contributed by atoms with van der Waals surface area (Å²) in [5, 5.41) is 9.06.